The molecule has 5 nitrogen and oxygen atoms in total. The van der Waals surface area contributed by atoms with Crippen molar-refractivity contribution >= 4 is 60.7 Å². The lowest BCUT2D eigenvalue weighted by molar-refractivity contribution is 0.660. The number of para-hydroxylation sites is 4. The normalized spacial score (nSPS) is 13.2. The van der Waals surface area contributed by atoms with Crippen molar-refractivity contribution in [2.75, 3.05) is 0 Å². The Morgan fingerprint density at radius 3 is 1.66 bits per heavy atom. The Bertz CT molecular complexity index is 4070. The van der Waals surface area contributed by atoms with E-state index in [2.05, 4.69) is 244 Å². The smallest absolute Gasteiger partial charge is 0.222 e. The molecular weight excluding hydrogens is 791 g/mol. The molecule has 0 fully saturated rings. The minimum Gasteiger partial charge on any atom is -0.309 e. The van der Waals surface area contributed by atoms with Crippen molar-refractivity contribution in [2.45, 2.75) is 19.3 Å². The molecular formula is C60H41N5. The van der Waals surface area contributed by atoms with Gasteiger partial charge < -0.3 is 4.57 Å². The molecule has 1 aliphatic carbocycles. The third kappa shape index (κ3) is 5.06. The van der Waals surface area contributed by atoms with Gasteiger partial charge in [0.1, 0.15) is 5.52 Å². The molecule has 13 aromatic rings. The van der Waals surface area contributed by atoms with Crippen LogP contribution in [-0.4, -0.2) is 23.1 Å². The van der Waals surface area contributed by atoms with E-state index in [1.165, 1.54) is 66.1 Å². The molecule has 0 spiro atoms. The molecule has 0 radical (unpaired) electrons. The maximum Gasteiger partial charge on any atom is 0.222 e. The van der Waals surface area contributed by atoms with E-state index in [9.17, 15) is 0 Å². The molecule has 1 aliphatic rings. The van der Waals surface area contributed by atoms with Gasteiger partial charge in [-0.1, -0.05) is 147 Å². The van der Waals surface area contributed by atoms with Crippen molar-refractivity contribution in [2.24, 2.45) is 0 Å². The lowest BCUT2D eigenvalue weighted by Crippen LogP contribution is -2.14. The Morgan fingerprint density at radius 1 is 0.354 bits per heavy atom. The highest BCUT2D eigenvalue weighted by molar-refractivity contribution is 6.12. The summed E-state index contributed by atoms with van der Waals surface area (Å²) in [5, 5.41) is 3.63. The molecule has 0 N–H and O–H groups in total. The summed E-state index contributed by atoms with van der Waals surface area (Å²) in [4.78, 5) is 5.49. The van der Waals surface area contributed by atoms with E-state index in [0.717, 1.165) is 56.1 Å². The van der Waals surface area contributed by atoms with Crippen LogP contribution in [0.4, 0.5) is 0 Å². The van der Waals surface area contributed by atoms with Crippen LogP contribution in [-0.2, 0) is 5.41 Å². The predicted molar refractivity (Wildman–Crippen MR) is 269 cm³/mol. The molecule has 14 rings (SSSR count). The zero-order valence-electron chi connectivity index (χ0n) is 35.9. The van der Waals surface area contributed by atoms with E-state index in [1.807, 2.05) is 0 Å². The van der Waals surface area contributed by atoms with E-state index in [-0.39, 0.29) is 5.41 Å². The standard InChI is InChI=1S/C60H41N5/c1-60(2)50-22-12-9-19-45(50)46-32-27-40(36-51(46)60)38-25-30-44(31-26-38)62-52-23-13-10-20-47(52)49-35-39(28-33-54(49)62)41-29-34-55-56(37-41)64(43-17-7-4-8-18-43)59-61-58-57(65(55)59)48-21-11-14-24-53(48)63(58)42-15-5-3-6-16-42/h3-37H,1-2H3. The molecule has 0 atom stereocenters. The molecule has 4 heterocycles. The van der Waals surface area contributed by atoms with Crippen LogP contribution in [0.15, 0.2) is 212 Å². The minimum atomic E-state index is -0.0357. The SMILES string of the molecule is CC1(C)c2ccccc2-c2ccc(-c3ccc(-n4c5ccccc5c5cc(-c6ccc7c(c6)n(-c6ccccc6)c6nc8c(c9ccccc9n8-c8ccccc8)n76)ccc54)cc3)cc21. The molecule has 9 aromatic carbocycles. The molecule has 5 heteroatoms. The molecule has 0 saturated carbocycles. The largest absolute Gasteiger partial charge is 0.309 e. The fraction of sp³-hybridized carbons (Fsp3) is 0.0500. The van der Waals surface area contributed by atoms with Gasteiger partial charge in [-0.3, -0.25) is 13.5 Å². The number of hydrogen-bond donors (Lipinski definition) is 0. The molecule has 0 amide bonds. The van der Waals surface area contributed by atoms with Crippen LogP contribution in [0.2, 0.25) is 0 Å². The van der Waals surface area contributed by atoms with E-state index >= 15 is 0 Å². The first-order valence-corrected chi connectivity index (χ1v) is 22.5. The zero-order chi connectivity index (χ0) is 43.0. The average molecular weight is 832 g/mol. The summed E-state index contributed by atoms with van der Waals surface area (Å²) < 4.78 is 9.38. The lowest BCUT2D eigenvalue weighted by atomic mass is 9.81. The monoisotopic (exact) mass is 831 g/mol. The van der Waals surface area contributed by atoms with Crippen LogP contribution in [0.1, 0.15) is 25.0 Å². The highest BCUT2D eigenvalue weighted by Crippen LogP contribution is 2.49. The Labute approximate surface area is 375 Å². The van der Waals surface area contributed by atoms with Gasteiger partial charge in [-0.25, -0.2) is 0 Å². The van der Waals surface area contributed by atoms with Gasteiger partial charge in [0, 0.05) is 38.6 Å². The lowest BCUT2D eigenvalue weighted by Gasteiger charge is -2.22. The van der Waals surface area contributed by atoms with Gasteiger partial charge >= 0.3 is 0 Å². The number of aromatic nitrogens is 5. The first-order valence-electron chi connectivity index (χ1n) is 22.5. The number of hydrogen-bond acceptors (Lipinski definition) is 1. The number of nitrogens with zero attached hydrogens (tertiary/aromatic N) is 5. The van der Waals surface area contributed by atoms with Crippen LogP contribution in [0.25, 0.3) is 111 Å². The van der Waals surface area contributed by atoms with Crippen molar-refractivity contribution in [1.29, 1.82) is 0 Å². The number of fused-ring (bicyclic) bond motifs is 13. The quantitative estimate of drug-likeness (QED) is 0.170. The summed E-state index contributed by atoms with van der Waals surface area (Å²) in [5.74, 6) is 0.888. The van der Waals surface area contributed by atoms with Gasteiger partial charge in [0.05, 0.1) is 27.6 Å². The highest BCUT2D eigenvalue weighted by Gasteiger charge is 2.35. The zero-order valence-corrected chi connectivity index (χ0v) is 35.9. The van der Waals surface area contributed by atoms with Crippen molar-refractivity contribution < 1.29 is 0 Å². The van der Waals surface area contributed by atoms with E-state index in [1.54, 1.807) is 0 Å². The summed E-state index contributed by atoms with van der Waals surface area (Å²) in [6.45, 7) is 4.70. The van der Waals surface area contributed by atoms with Gasteiger partial charge in [-0.2, -0.15) is 4.98 Å². The third-order valence-electron chi connectivity index (χ3n) is 14.2. The fourth-order valence-corrected chi connectivity index (χ4v) is 11.1. The topological polar surface area (TPSA) is 32.1 Å². The summed E-state index contributed by atoms with van der Waals surface area (Å²) in [7, 11) is 0. The minimum absolute atomic E-state index is 0.0357. The maximum absolute atomic E-state index is 5.49. The third-order valence-corrected chi connectivity index (χ3v) is 14.2. The van der Waals surface area contributed by atoms with Crippen molar-refractivity contribution in [1.82, 2.24) is 23.1 Å². The summed E-state index contributed by atoms with van der Waals surface area (Å²) >= 11 is 0. The summed E-state index contributed by atoms with van der Waals surface area (Å²) in [6.07, 6.45) is 0. The fourth-order valence-electron chi connectivity index (χ4n) is 11.1. The van der Waals surface area contributed by atoms with Crippen LogP contribution < -0.4 is 0 Å². The molecule has 4 aromatic heterocycles. The first-order chi connectivity index (χ1) is 32.0. The number of rotatable bonds is 5. The Hall–Kier alpha value is -8.41. The van der Waals surface area contributed by atoms with Crippen molar-refractivity contribution in [3.63, 3.8) is 0 Å². The summed E-state index contributed by atoms with van der Waals surface area (Å²) in [5.41, 5.74) is 21.3. The number of benzene rings is 9. The maximum atomic E-state index is 5.49. The van der Waals surface area contributed by atoms with E-state index in [4.69, 9.17) is 4.98 Å². The van der Waals surface area contributed by atoms with Gasteiger partial charge in [0.15, 0.2) is 5.65 Å². The molecule has 0 bridgehead atoms. The van der Waals surface area contributed by atoms with Gasteiger partial charge in [0.25, 0.3) is 0 Å². The van der Waals surface area contributed by atoms with Gasteiger partial charge in [-0.15, -0.1) is 0 Å². The Balaban J connectivity index is 0.900. The molecule has 65 heavy (non-hydrogen) atoms. The predicted octanol–water partition coefficient (Wildman–Crippen LogP) is 15.1. The van der Waals surface area contributed by atoms with Crippen molar-refractivity contribution in [3.8, 4) is 50.4 Å². The highest BCUT2D eigenvalue weighted by atomic mass is 15.2. The van der Waals surface area contributed by atoms with Crippen LogP contribution in [0.5, 0.6) is 0 Å². The van der Waals surface area contributed by atoms with Gasteiger partial charge in [0.2, 0.25) is 5.78 Å². The Morgan fingerprint density at radius 2 is 0.892 bits per heavy atom. The van der Waals surface area contributed by atoms with Gasteiger partial charge in [-0.05, 0) is 123 Å². The second-order valence-corrected chi connectivity index (χ2v) is 18.0. The second-order valence-electron chi connectivity index (χ2n) is 18.0. The summed E-state index contributed by atoms with van der Waals surface area (Å²) in [6, 6.07) is 77.5. The van der Waals surface area contributed by atoms with E-state index in [0.29, 0.717) is 0 Å². The average Bonchev–Trinajstić information content (AvgIpc) is 4.13. The molecule has 0 saturated heterocycles. The molecule has 0 aliphatic heterocycles. The van der Waals surface area contributed by atoms with Crippen LogP contribution >= 0.6 is 0 Å². The second kappa shape index (κ2) is 13.3. The van der Waals surface area contributed by atoms with Crippen LogP contribution in [0.3, 0.4) is 0 Å². The Kier molecular flexibility index (Phi) is 7.39. The van der Waals surface area contributed by atoms with E-state index < -0.39 is 0 Å². The van der Waals surface area contributed by atoms with Crippen LogP contribution in [0, 0.1) is 0 Å². The molecule has 0 unspecified atom stereocenters. The number of imidazole rings is 2. The van der Waals surface area contributed by atoms with Crippen molar-refractivity contribution in [3.05, 3.63) is 223 Å². The molecule has 306 valence electrons. The first kappa shape index (κ1) is 36.1.